The van der Waals surface area contributed by atoms with Gasteiger partial charge in [-0.05, 0) is 6.42 Å². The van der Waals surface area contributed by atoms with Gasteiger partial charge in [-0.1, -0.05) is 71.1 Å². The summed E-state index contributed by atoms with van der Waals surface area (Å²) < 4.78 is 31.2. The van der Waals surface area contributed by atoms with E-state index in [0.29, 0.717) is 6.42 Å². The molecule has 0 heterocycles. The summed E-state index contributed by atoms with van der Waals surface area (Å²) in [7, 11) is -4.24. The van der Waals surface area contributed by atoms with E-state index < -0.39 is 15.9 Å². The Hall–Kier alpha value is 0.580. The molecule has 0 aromatic heterocycles. The van der Waals surface area contributed by atoms with Crippen LogP contribution in [0.1, 0.15) is 90.4 Å². The fraction of sp³-hybridized carbons (Fsp3) is 0.938. The summed E-state index contributed by atoms with van der Waals surface area (Å²) in [5.41, 5.74) is 0. The van der Waals surface area contributed by atoms with Crippen LogP contribution >= 0.6 is 0 Å². The first-order valence-corrected chi connectivity index (χ1v) is 9.98. The van der Waals surface area contributed by atoms with Crippen molar-refractivity contribution in [1.82, 2.24) is 0 Å². The fourth-order valence-electron chi connectivity index (χ4n) is 2.35. The van der Waals surface area contributed by atoms with Crippen LogP contribution in [0.25, 0.3) is 0 Å². The molecule has 0 bridgehead atoms. The minimum absolute atomic E-state index is 0. The minimum atomic E-state index is -4.24. The summed E-state index contributed by atoms with van der Waals surface area (Å²) in [6.07, 6.45) is 13.7. The first kappa shape index (κ1) is 24.8. The maximum atomic E-state index is 11.3. The predicted molar refractivity (Wildman–Crippen MR) is 85.3 cm³/mol. The summed E-state index contributed by atoms with van der Waals surface area (Å²) in [6.45, 7) is 2.23. The number of carbonyl (C=O) groups is 1. The molecule has 0 saturated heterocycles. The van der Waals surface area contributed by atoms with Crippen molar-refractivity contribution in [2.45, 2.75) is 90.4 Å². The van der Waals surface area contributed by atoms with Gasteiger partial charge in [-0.25, -0.2) is 8.42 Å². The number of Topliss-reactive ketones (excluding diaryl/α,β-unsaturated/α-hetero) is 1. The van der Waals surface area contributed by atoms with Crippen LogP contribution in [0.3, 0.4) is 0 Å². The molecule has 22 heavy (non-hydrogen) atoms. The van der Waals surface area contributed by atoms with Gasteiger partial charge in [0.15, 0.2) is 0 Å². The second-order valence-electron chi connectivity index (χ2n) is 5.84. The number of unbranched alkanes of at least 4 members (excludes halogenated alkanes) is 10. The van der Waals surface area contributed by atoms with E-state index in [0.717, 1.165) is 19.3 Å². The fourth-order valence-corrected chi connectivity index (χ4v) is 2.83. The molecule has 0 aromatic carbocycles. The summed E-state index contributed by atoms with van der Waals surface area (Å²) in [6, 6.07) is 0. The number of rotatable bonds is 15. The van der Waals surface area contributed by atoms with Crippen LogP contribution in [0.4, 0.5) is 0 Å². The van der Waals surface area contributed by atoms with Crippen LogP contribution in [0.2, 0.25) is 0 Å². The van der Waals surface area contributed by atoms with E-state index in [4.69, 9.17) is 0 Å². The van der Waals surface area contributed by atoms with Crippen molar-refractivity contribution >= 4 is 15.9 Å². The van der Waals surface area contributed by atoms with Crippen molar-refractivity contribution in [2.24, 2.45) is 0 Å². The molecule has 0 unspecified atom stereocenters. The van der Waals surface area contributed by atoms with Gasteiger partial charge < -0.3 is 4.55 Å². The van der Waals surface area contributed by atoms with Gasteiger partial charge in [-0.2, -0.15) is 0 Å². The normalized spacial score (nSPS) is 11.2. The molecule has 0 radical (unpaired) electrons. The average molecular weight is 342 g/mol. The Kier molecular flexibility index (Phi) is 18.6. The Morgan fingerprint density at radius 1 is 0.773 bits per heavy atom. The largest absolute Gasteiger partial charge is 1.00 e. The zero-order valence-electron chi connectivity index (χ0n) is 14.4. The second-order valence-corrected chi connectivity index (χ2v) is 7.36. The van der Waals surface area contributed by atoms with Crippen LogP contribution in [0, 0.1) is 0 Å². The Morgan fingerprint density at radius 3 is 1.59 bits per heavy atom. The van der Waals surface area contributed by atoms with E-state index in [1.54, 1.807) is 0 Å². The molecule has 0 aliphatic carbocycles. The molecule has 126 valence electrons. The van der Waals surface area contributed by atoms with Crippen LogP contribution in [0.5, 0.6) is 0 Å². The third-order valence-corrected chi connectivity index (χ3v) is 4.39. The Labute approximate surface area is 158 Å². The van der Waals surface area contributed by atoms with Gasteiger partial charge >= 0.3 is 29.6 Å². The molecule has 0 atom stereocenters. The SMILES string of the molecule is CCCCCCCCCCCCCC(=O)CCS(=O)(=O)[O-].[Na+]. The standard InChI is InChI=1S/C16H32O4S.Na/c1-2-3-4-5-6-7-8-9-10-11-12-13-16(17)14-15-21(18,19)20;/h2-15H2,1H3,(H,18,19,20);/q;+1/p-1. The summed E-state index contributed by atoms with van der Waals surface area (Å²) in [4.78, 5) is 11.3. The van der Waals surface area contributed by atoms with E-state index in [9.17, 15) is 17.8 Å². The molecule has 0 saturated carbocycles. The first-order chi connectivity index (χ1) is 9.95. The van der Waals surface area contributed by atoms with Gasteiger partial charge in [0.25, 0.3) is 0 Å². The molecule has 6 heteroatoms. The molecule has 0 N–H and O–H groups in total. The van der Waals surface area contributed by atoms with Crippen LogP contribution < -0.4 is 29.6 Å². The Bertz CT molecular complexity index is 355. The van der Waals surface area contributed by atoms with Crippen LogP contribution in [-0.4, -0.2) is 24.5 Å². The van der Waals surface area contributed by atoms with Gasteiger partial charge in [-0.3, -0.25) is 4.79 Å². The molecular formula is C16H31NaO4S. The average Bonchev–Trinajstić information content (AvgIpc) is 2.42. The van der Waals surface area contributed by atoms with Crippen molar-refractivity contribution < 1.29 is 47.3 Å². The Balaban J connectivity index is 0. The van der Waals surface area contributed by atoms with Crippen molar-refractivity contribution in [3.05, 3.63) is 0 Å². The van der Waals surface area contributed by atoms with Gasteiger partial charge in [-0.15, -0.1) is 0 Å². The van der Waals surface area contributed by atoms with Gasteiger partial charge in [0.05, 0.1) is 10.1 Å². The molecular weight excluding hydrogens is 311 g/mol. The monoisotopic (exact) mass is 342 g/mol. The first-order valence-electron chi connectivity index (χ1n) is 8.41. The van der Waals surface area contributed by atoms with Gasteiger partial charge in [0.2, 0.25) is 0 Å². The number of hydrogen-bond donors (Lipinski definition) is 0. The number of hydrogen-bond acceptors (Lipinski definition) is 4. The molecule has 4 nitrogen and oxygen atoms in total. The van der Waals surface area contributed by atoms with E-state index in [1.807, 2.05) is 0 Å². The topological polar surface area (TPSA) is 74.3 Å². The van der Waals surface area contributed by atoms with Crippen molar-refractivity contribution in [3.63, 3.8) is 0 Å². The van der Waals surface area contributed by atoms with Crippen molar-refractivity contribution in [1.29, 1.82) is 0 Å². The quantitative estimate of drug-likeness (QED) is 0.255. The van der Waals surface area contributed by atoms with Gasteiger partial charge in [0.1, 0.15) is 5.78 Å². The molecule has 0 aliphatic heterocycles. The minimum Gasteiger partial charge on any atom is -0.748 e. The summed E-state index contributed by atoms with van der Waals surface area (Å²) in [5, 5.41) is 0. The predicted octanol–water partition coefficient (Wildman–Crippen LogP) is 1.20. The third-order valence-electron chi connectivity index (χ3n) is 3.69. The molecule has 0 rings (SSSR count). The molecule has 0 aromatic rings. The van der Waals surface area contributed by atoms with Crippen molar-refractivity contribution in [3.8, 4) is 0 Å². The van der Waals surface area contributed by atoms with Crippen molar-refractivity contribution in [2.75, 3.05) is 5.75 Å². The maximum Gasteiger partial charge on any atom is 1.00 e. The smallest absolute Gasteiger partial charge is 0.748 e. The number of carbonyl (C=O) groups excluding carboxylic acids is 1. The summed E-state index contributed by atoms with van der Waals surface area (Å²) >= 11 is 0. The third kappa shape index (κ3) is 20.6. The van der Waals surface area contributed by atoms with E-state index >= 15 is 0 Å². The van der Waals surface area contributed by atoms with Crippen LogP contribution in [-0.2, 0) is 14.9 Å². The van der Waals surface area contributed by atoms with E-state index in [1.165, 1.54) is 51.4 Å². The summed E-state index contributed by atoms with van der Waals surface area (Å²) in [5.74, 6) is -0.658. The zero-order valence-corrected chi connectivity index (χ0v) is 17.3. The molecule has 0 aliphatic rings. The maximum absolute atomic E-state index is 11.3. The number of ketones is 1. The molecule has 0 fully saturated rings. The second kappa shape index (κ2) is 16.4. The molecule has 0 spiro atoms. The van der Waals surface area contributed by atoms with Crippen LogP contribution in [0.15, 0.2) is 0 Å². The van der Waals surface area contributed by atoms with Gasteiger partial charge in [0, 0.05) is 18.6 Å². The zero-order chi connectivity index (χ0) is 16.0. The van der Waals surface area contributed by atoms with E-state index in [2.05, 4.69) is 6.92 Å². The molecule has 0 amide bonds. The Morgan fingerprint density at radius 2 is 1.18 bits per heavy atom. The van der Waals surface area contributed by atoms with E-state index in [-0.39, 0.29) is 41.8 Å².